The number of hydrogen-bond donors (Lipinski definition) is 2. The van der Waals surface area contributed by atoms with Crippen LogP contribution in [0.25, 0.3) is 0 Å². The molecule has 2 aromatic rings. The van der Waals surface area contributed by atoms with Gasteiger partial charge in [0, 0.05) is 25.1 Å². The molecule has 0 fully saturated rings. The van der Waals surface area contributed by atoms with E-state index in [2.05, 4.69) is 15.0 Å². The Kier molecular flexibility index (Phi) is 7.46. The zero-order chi connectivity index (χ0) is 21.4. The number of nitrogens with one attached hydrogen (secondary N) is 2. The van der Waals surface area contributed by atoms with E-state index in [0.717, 1.165) is 30.6 Å². The maximum absolute atomic E-state index is 12.6. The van der Waals surface area contributed by atoms with Gasteiger partial charge in [-0.1, -0.05) is 18.6 Å². The monoisotopic (exact) mass is 429 g/mol. The molecular weight excluding hydrogens is 402 g/mol. The van der Waals surface area contributed by atoms with Crippen LogP contribution < -0.4 is 14.8 Å². The summed E-state index contributed by atoms with van der Waals surface area (Å²) in [5.74, 6) is 1.16. The maximum atomic E-state index is 12.6. The van der Waals surface area contributed by atoms with Gasteiger partial charge in [0.25, 0.3) is 10.0 Å². The summed E-state index contributed by atoms with van der Waals surface area (Å²) in [7, 11) is -2.07. The molecule has 1 heterocycles. The number of rotatable bonds is 7. The van der Waals surface area contributed by atoms with Gasteiger partial charge in [0.1, 0.15) is 11.6 Å². The second-order valence-electron chi connectivity index (χ2n) is 7.17. The molecular formula is C22H27N3O4S. The molecule has 2 aromatic carbocycles. The molecule has 1 amide bonds. The van der Waals surface area contributed by atoms with Crippen LogP contribution in [0.2, 0.25) is 0 Å². The van der Waals surface area contributed by atoms with E-state index >= 15 is 0 Å². The number of amides is 1. The van der Waals surface area contributed by atoms with Gasteiger partial charge in [0.2, 0.25) is 5.91 Å². The molecule has 0 saturated heterocycles. The summed E-state index contributed by atoms with van der Waals surface area (Å²) in [6.45, 7) is 0.652. The summed E-state index contributed by atoms with van der Waals surface area (Å²) in [4.78, 5) is 16.7. The Hall–Kier alpha value is -2.87. The van der Waals surface area contributed by atoms with E-state index < -0.39 is 10.0 Å². The van der Waals surface area contributed by atoms with E-state index in [1.165, 1.54) is 12.1 Å². The minimum Gasteiger partial charge on any atom is -0.497 e. The van der Waals surface area contributed by atoms with Crippen LogP contribution in [0.15, 0.2) is 58.4 Å². The Morgan fingerprint density at radius 2 is 1.77 bits per heavy atom. The fraction of sp³-hybridized carbons (Fsp3) is 0.364. The minimum atomic E-state index is -3.68. The van der Waals surface area contributed by atoms with Gasteiger partial charge in [-0.3, -0.25) is 14.5 Å². The number of benzene rings is 2. The van der Waals surface area contributed by atoms with Gasteiger partial charge < -0.3 is 10.1 Å². The minimum absolute atomic E-state index is 0.132. The lowest BCUT2D eigenvalue weighted by Crippen LogP contribution is -2.30. The molecule has 0 atom stereocenters. The van der Waals surface area contributed by atoms with Crippen LogP contribution in [0.5, 0.6) is 5.75 Å². The standard InChI is InChI=1S/C22H27N3O4S/c1-29-19-11-6-17(7-12-19)8-15-22(26)24-18-9-13-20(14-10-18)30(27,28)25-21-5-3-2-4-16-23-21/h6-7,9-14H,2-5,8,15-16H2,1H3,(H,23,25)(H,24,26). The van der Waals surface area contributed by atoms with E-state index in [0.29, 0.717) is 37.3 Å². The zero-order valence-corrected chi connectivity index (χ0v) is 17.9. The Labute approximate surface area is 177 Å². The molecule has 1 aliphatic rings. The molecule has 0 radical (unpaired) electrons. The van der Waals surface area contributed by atoms with Gasteiger partial charge >= 0.3 is 0 Å². The van der Waals surface area contributed by atoms with Crippen molar-refractivity contribution in [1.82, 2.24) is 4.72 Å². The lowest BCUT2D eigenvalue weighted by molar-refractivity contribution is -0.116. The van der Waals surface area contributed by atoms with Crippen LogP contribution in [-0.2, 0) is 21.2 Å². The normalized spacial score (nSPS) is 14.4. The van der Waals surface area contributed by atoms with Crippen molar-refractivity contribution in [3.63, 3.8) is 0 Å². The number of nitrogens with zero attached hydrogens (tertiary/aromatic N) is 1. The van der Waals surface area contributed by atoms with Crippen LogP contribution in [0, 0.1) is 0 Å². The van der Waals surface area contributed by atoms with Crippen LogP contribution >= 0.6 is 0 Å². The highest BCUT2D eigenvalue weighted by molar-refractivity contribution is 7.90. The number of aliphatic imine (C=N–C) groups is 1. The first-order valence-electron chi connectivity index (χ1n) is 10.1. The smallest absolute Gasteiger partial charge is 0.262 e. The van der Waals surface area contributed by atoms with E-state index in [4.69, 9.17) is 4.74 Å². The fourth-order valence-electron chi connectivity index (χ4n) is 3.16. The summed E-state index contributed by atoms with van der Waals surface area (Å²) < 4.78 is 32.8. The number of hydrogen-bond acceptors (Lipinski definition) is 5. The van der Waals surface area contributed by atoms with E-state index in [9.17, 15) is 13.2 Å². The number of carbonyl (C=O) groups excluding carboxylic acids is 1. The molecule has 0 saturated carbocycles. The number of amidine groups is 1. The molecule has 0 aliphatic carbocycles. The topological polar surface area (TPSA) is 96.9 Å². The number of anilines is 1. The average Bonchev–Trinajstić information content (AvgIpc) is 3.01. The predicted molar refractivity (Wildman–Crippen MR) is 117 cm³/mol. The molecule has 1 aliphatic heterocycles. The van der Waals surface area contributed by atoms with Crippen LogP contribution in [0.4, 0.5) is 5.69 Å². The Balaban J connectivity index is 1.54. The van der Waals surface area contributed by atoms with Crippen LogP contribution in [0.1, 0.15) is 37.7 Å². The Bertz CT molecular complexity index is 984. The lowest BCUT2D eigenvalue weighted by atomic mass is 10.1. The lowest BCUT2D eigenvalue weighted by Gasteiger charge is -2.11. The van der Waals surface area contributed by atoms with Gasteiger partial charge in [0.05, 0.1) is 12.0 Å². The van der Waals surface area contributed by atoms with Gasteiger partial charge in [-0.15, -0.1) is 0 Å². The summed E-state index contributed by atoms with van der Waals surface area (Å²) in [6.07, 6.45) is 4.55. The summed E-state index contributed by atoms with van der Waals surface area (Å²) in [5, 5.41) is 2.80. The third kappa shape index (κ3) is 6.32. The highest BCUT2D eigenvalue weighted by Gasteiger charge is 2.17. The molecule has 160 valence electrons. The van der Waals surface area contributed by atoms with Crippen molar-refractivity contribution in [2.24, 2.45) is 4.99 Å². The third-order valence-corrected chi connectivity index (χ3v) is 6.27. The molecule has 30 heavy (non-hydrogen) atoms. The SMILES string of the molecule is COc1ccc(CCC(=O)Nc2ccc(S(=O)(=O)NC3=NCCCCC3)cc2)cc1. The fourth-order valence-corrected chi connectivity index (χ4v) is 4.25. The quantitative estimate of drug-likeness (QED) is 0.704. The second-order valence-corrected chi connectivity index (χ2v) is 8.85. The highest BCUT2D eigenvalue weighted by atomic mass is 32.2. The number of ether oxygens (including phenoxy) is 1. The third-order valence-electron chi connectivity index (χ3n) is 4.87. The summed E-state index contributed by atoms with van der Waals surface area (Å²) >= 11 is 0. The first-order chi connectivity index (χ1) is 14.5. The van der Waals surface area contributed by atoms with Crippen molar-refractivity contribution in [1.29, 1.82) is 0 Å². The summed E-state index contributed by atoms with van der Waals surface area (Å²) in [6, 6.07) is 13.7. The number of aryl methyl sites for hydroxylation is 1. The van der Waals surface area contributed by atoms with Crippen molar-refractivity contribution in [3.8, 4) is 5.75 Å². The second kappa shape index (κ2) is 10.2. The molecule has 0 spiro atoms. The van der Waals surface area contributed by atoms with Crippen molar-refractivity contribution < 1.29 is 17.9 Å². The first kappa shape index (κ1) is 21.8. The molecule has 2 N–H and O–H groups in total. The van der Waals surface area contributed by atoms with Crippen LogP contribution in [0.3, 0.4) is 0 Å². The number of methoxy groups -OCH3 is 1. The Morgan fingerprint density at radius 3 is 2.47 bits per heavy atom. The van der Waals surface area contributed by atoms with Crippen molar-refractivity contribution >= 4 is 27.5 Å². The molecule has 8 heteroatoms. The number of carbonyl (C=O) groups is 1. The largest absolute Gasteiger partial charge is 0.497 e. The molecule has 0 bridgehead atoms. The summed E-state index contributed by atoms with van der Waals surface area (Å²) in [5.41, 5.74) is 1.60. The van der Waals surface area contributed by atoms with Crippen LogP contribution in [-0.4, -0.2) is 33.8 Å². The maximum Gasteiger partial charge on any atom is 0.262 e. The number of sulfonamides is 1. The first-order valence-corrected chi connectivity index (χ1v) is 11.5. The van der Waals surface area contributed by atoms with Gasteiger partial charge in [-0.25, -0.2) is 8.42 Å². The van der Waals surface area contributed by atoms with Gasteiger partial charge in [-0.2, -0.15) is 0 Å². The highest BCUT2D eigenvalue weighted by Crippen LogP contribution is 2.17. The van der Waals surface area contributed by atoms with E-state index in [-0.39, 0.29) is 10.8 Å². The Morgan fingerprint density at radius 1 is 1.03 bits per heavy atom. The molecule has 3 rings (SSSR count). The molecule has 0 aromatic heterocycles. The average molecular weight is 430 g/mol. The van der Waals surface area contributed by atoms with Crippen molar-refractivity contribution in [2.75, 3.05) is 19.0 Å². The predicted octanol–water partition coefficient (Wildman–Crippen LogP) is 3.52. The van der Waals surface area contributed by atoms with Gasteiger partial charge in [-0.05, 0) is 61.2 Å². The molecule has 7 nitrogen and oxygen atoms in total. The molecule has 0 unspecified atom stereocenters. The zero-order valence-electron chi connectivity index (χ0n) is 17.1. The van der Waals surface area contributed by atoms with E-state index in [1.54, 1.807) is 19.2 Å². The van der Waals surface area contributed by atoms with E-state index in [1.807, 2.05) is 24.3 Å². The van der Waals surface area contributed by atoms with Crippen molar-refractivity contribution in [2.45, 2.75) is 43.4 Å². The van der Waals surface area contributed by atoms with Crippen molar-refractivity contribution in [3.05, 3.63) is 54.1 Å². The van der Waals surface area contributed by atoms with Gasteiger partial charge in [0.15, 0.2) is 0 Å².